The number of carbonyl (C=O) groups excluding carboxylic acids is 1. The Morgan fingerprint density at radius 2 is 2.00 bits per heavy atom. The molecule has 0 bridgehead atoms. The van der Waals surface area contributed by atoms with Gasteiger partial charge in [0.25, 0.3) is 0 Å². The number of hydrogen-bond donors (Lipinski definition) is 1. The molecule has 1 N–H and O–H groups in total. The van der Waals surface area contributed by atoms with Crippen LogP contribution >= 0.6 is 0 Å². The van der Waals surface area contributed by atoms with Crippen LogP contribution in [-0.2, 0) is 4.79 Å². The first-order chi connectivity index (χ1) is 11.1. The fourth-order valence-electron chi connectivity index (χ4n) is 5.12. The Morgan fingerprint density at radius 3 is 2.70 bits per heavy atom. The van der Waals surface area contributed by atoms with Gasteiger partial charge < -0.3 is 15.1 Å². The van der Waals surface area contributed by atoms with Crippen molar-refractivity contribution in [1.29, 1.82) is 0 Å². The van der Waals surface area contributed by atoms with Gasteiger partial charge in [-0.05, 0) is 57.7 Å². The van der Waals surface area contributed by atoms with Gasteiger partial charge in [-0.15, -0.1) is 0 Å². The number of piperazine rings is 1. The van der Waals surface area contributed by atoms with Crippen LogP contribution in [0.15, 0.2) is 0 Å². The van der Waals surface area contributed by atoms with Crippen LogP contribution in [0.3, 0.4) is 0 Å². The Labute approximate surface area is 142 Å². The van der Waals surface area contributed by atoms with Gasteiger partial charge in [0.05, 0.1) is 5.54 Å². The predicted molar refractivity (Wildman–Crippen MR) is 94.4 cm³/mol. The summed E-state index contributed by atoms with van der Waals surface area (Å²) in [5, 5.41) is 3.50. The summed E-state index contributed by atoms with van der Waals surface area (Å²) >= 11 is 0. The Morgan fingerprint density at radius 1 is 1.22 bits per heavy atom. The molecule has 2 atom stereocenters. The molecule has 2 heterocycles. The number of piperidine rings is 1. The Bertz CT molecular complexity index is 399. The summed E-state index contributed by atoms with van der Waals surface area (Å²) in [6, 6.07) is 0. The maximum atomic E-state index is 13.1. The molecule has 0 radical (unpaired) electrons. The van der Waals surface area contributed by atoms with Gasteiger partial charge in [-0.3, -0.25) is 4.79 Å². The van der Waals surface area contributed by atoms with Crippen molar-refractivity contribution in [3.8, 4) is 0 Å². The molecular weight excluding hydrogens is 286 g/mol. The van der Waals surface area contributed by atoms with E-state index in [4.69, 9.17) is 0 Å². The van der Waals surface area contributed by atoms with E-state index in [9.17, 15) is 4.79 Å². The van der Waals surface area contributed by atoms with Crippen molar-refractivity contribution in [3.63, 3.8) is 0 Å². The van der Waals surface area contributed by atoms with E-state index in [1.807, 2.05) is 0 Å². The number of hydrogen-bond acceptors (Lipinski definition) is 3. The molecule has 4 heteroatoms. The molecule has 23 heavy (non-hydrogen) atoms. The van der Waals surface area contributed by atoms with E-state index in [-0.39, 0.29) is 5.54 Å². The lowest BCUT2D eigenvalue weighted by molar-refractivity contribution is -0.145. The summed E-state index contributed by atoms with van der Waals surface area (Å²) in [6.07, 6.45) is 9.65. The molecule has 2 aliphatic heterocycles. The fraction of sp³-hybridized carbons (Fsp3) is 0.947. The summed E-state index contributed by atoms with van der Waals surface area (Å²) in [5.41, 5.74) is 0.146. The molecule has 3 rings (SSSR count). The number of amides is 1. The van der Waals surface area contributed by atoms with Gasteiger partial charge in [-0.1, -0.05) is 26.2 Å². The number of nitrogens with one attached hydrogen (secondary N) is 1. The minimum absolute atomic E-state index is 0.146. The predicted octanol–water partition coefficient (Wildman–Crippen LogP) is 2.49. The molecule has 2 unspecified atom stereocenters. The molecule has 2 saturated heterocycles. The zero-order valence-electron chi connectivity index (χ0n) is 15.1. The molecule has 0 aromatic carbocycles. The summed E-state index contributed by atoms with van der Waals surface area (Å²) in [5.74, 6) is 1.62. The van der Waals surface area contributed by atoms with Crippen LogP contribution in [0.4, 0.5) is 0 Å². The van der Waals surface area contributed by atoms with Crippen molar-refractivity contribution in [2.45, 2.75) is 63.8 Å². The second-order valence-electron chi connectivity index (χ2n) is 8.36. The quantitative estimate of drug-likeness (QED) is 0.867. The largest absolute Gasteiger partial charge is 0.334 e. The first-order valence-electron chi connectivity index (χ1n) is 9.80. The van der Waals surface area contributed by atoms with E-state index in [1.54, 1.807) is 0 Å². The highest BCUT2D eigenvalue weighted by molar-refractivity contribution is 5.77. The van der Waals surface area contributed by atoms with Crippen LogP contribution in [0.1, 0.15) is 58.3 Å². The number of nitrogens with zero attached hydrogens (tertiary/aromatic N) is 2. The van der Waals surface area contributed by atoms with Crippen molar-refractivity contribution < 1.29 is 4.79 Å². The zero-order valence-corrected chi connectivity index (χ0v) is 15.1. The second-order valence-corrected chi connectivity index (χ2v) is 8.36. The maximum Gasteiger partial charge on any atom is 0.223 e. The lowest BCUT2D eigenvalue weighted by Crippen LogP contribution is -2.64. The summed E-state index contributed by atoms with van der Waals surface area (Å²) in [7, 11) is 2.22. The summed E-state index contributed by atoms with van der Waals surface area (Å²) in [4.78, 5) is 17.9. The van der Waals surface area contributed by atoms with Crippen LogP contribution in [0.5, 0.6) is 0 Å². The Hall–Kier alpha value is -0.610. The van der Waals surface area contributed by atoms with Gasteiger partial charge in [0.15, 0.2) is 0 Å². The molecule has 1 amide bonds. The van der Waals surface area contributed by atoms with E-state index in [0.717, 1.165) is 39.1 Å². The van der Waals surface area contributed by atoms with Gasteiger partial charge in [0.2, 0.25) is 5.91 Å². The van der Waals surface area contributed by atoms with E-state index in [0.29, 0.717) is 17.7 Å². The van der Waals surface area contributed by atoms with Crippen molar-refractivity contribution in [2.75, 3.05) is 39.8 Å². The van der Waals surface area contributed by atoms with Crippen molar-refractivity contribution >= 4 is 5.91 Å². The van der Waals surface area contributed by atoms with E-state index < -0.39 is 0 Å². The average molecular weight is 322 g/mol. The molecule has 4 nitrogen and oxygen atoms in total. The SMILES string of the molecule is CC(CC(=O)N1CCN(C)CC12CCCCC2)C1CCCNC1. The Balaban J connectivity index is 1.64. The Kier molecular flexibility index (Phi) is 5.63. The highest BCUT2D eigenvalue weighted by atomic mass is 16.2. The molecule has 1 aliphatic carbocycles. The van der Waals surface area contributed by atoms with Gasteiger partial charge in [-0.25, -0.2) is 0 Å². The lowest BCUT2D eigenvalue weighted by Gasteiger charge is -2.52. The summed E-state index contributed by atoms with van der Waals surface area (Å²) in [6.45, 7) is 7.59. The third kappa shape index (κ3) is 3.90. The van der Waals surface area contributed by atoms with Crippen LogP contribution in [0, 0.1) is 11.8 Å². The lowest BCUT2D eigenvalue weighted by atomic mass is 9.77. The zero-order chi connectivity index (χ0) is 16.3. The van der Waals surface area contributed by atoms with Gasteiger partial charge >= 0.3 is 0 Å². The third-order valence-electron chi connectivity index (χ3n) is 6.56. The van der Waals surface area contributed by atoms with Crippen LogP contribution in [-0.4, -0.2) is 61.0 Å². The monoisotopic (exact) mass is 321 g/mol. The molecule has 1 saturated carbocycles. The van der Waals surface area contributed by atoms with Crippen LogP contribution in [0.25, 0.3) is 0 Å². The number of likely N-dealkylation sites (N-methyl/N-ethyl adjacent to an activating group) is 1. The molecule has 0 aromatic rings. The first kappa shape index (κ1) is 17.2. The van der Waals surface area contributed by atoms with E-state index >= 15 is 0 Å². The fourth-order valence-corrected chi connectivity index (χ4v) is 5.12. The first-order valence-corrected chi connectivity index (χ1v) is 9.80. The van der Waals surface area contributed by atoms with Gasteiger partial charge in [-0.2, -0.15) is 0 Å². The van der Waals surface area contributed by atoms with E-state index in [1.165, 1.54) is 44.9 Å². The van der Waals surface area contributed by atoms with Crippen LogP contribution < -0.4 is 5.32 Å². The number of carbonyl (C=O) groups is 1. The van der Waals surface area contributed by atoms with Crippen LogP contribution in [0.2, 0.25) is 0 Å². The normalized spacial score (nSPS) is 30.3. The molecule has 1 spiro atoms. The molecule has 132 valence electrons. The molecule has 0 aromatic heterocycles. The standard InChI is InChI=1S/C19H35N3O/c1-16(17-7-6-10-20-14-17)13-18(23)22-12-11-21(2)15-19(22)8-4-3-5-9-19/h16-17,20H,3-15H2,1-2H3. The maximum absolute atomic E-state index is 13.1. The third-order valence-corrected chi connectivity index (χ3v) is 6.56. The minimum Gasteiger partial charge on any atom is -0.334 e. The topological polar surface area (TPSA) is 35.6 Å². The molecule has 3 aliphatic rings. The van der Waals surface area contributed by atoms with Crippen molar-refractivity contribution in [2.24, 2.45) is 11.8 Å². The van der Waals surface area contributed by atoms with Crippen molar-refractivity contribution in [1.82, 2.24) is 15.1 Å². The smallest absolute Gasteiger partial charge is 0.223 e. The molecule has 3 fully saturated rings. The van der Waals surface area contributed by atoms with Gasteiger partial charge in [0, 0.05) is 26.1 Å². The molecular formula is C19H35N3O. The number of rotatable bonds is 3. The van der Waals surface area contributed by atoms with Gasteiger partial charge in [0.1, 0.15) is 0 Å². The average Bonchev–Trinajstić information content (AvgIpc) is 2.56. The minimum atomic E-state index is 0.146. The summed E-state index contributed by atoms with van der Waals surface area (Å²) < 4.78 is 0. The van der Waals surface area contributed by atoms with Crippen molar-refractivity contribution in [3.05, 3.63) is 0 Å². The highest BCUT2D eigenvalue weighted by Crippen LogP contribution is 2.37. The second kappa shape index (κ2) is 7.52. The highest BCUT2D eigenvalue weighted by Gasteiger charge is 2.44. The van der Waals surface area contributed by atoms with E-state index in [2.05, 4.69) is 29.1 Å².